The fourth-order valence-electron chi connectivity index (χ4n) is 2.39. The van der Waals surface area contributed by atoms with E-state index in [1.54, 1.807) is 6.26 Å². The number of aryl methyl sites for hydroxylation is 1. The molecule has 1 heterocycles. The van der Waals surface area contributed by atoms with E-state index in [1.165, 1.54) is 16.7 Å². The average Bonchev–Trinajstić information content (AvgIpc) is 2.94. The summed E-state index contributed by atoms with van der Waals surface area (Å²) in [5, 5.41) is 0. The van der Waals surface area contributed by atoms with Gasteiger partial charge in [-0.3, -0.25) is 0 Å². The van der Waals surface area contributed by atoms with Gasteiger partial charge in [-0.15, -0.1) is 0 Å². The number of hydrogen-bond donors (Lipinski definition) is 0. The van der Waals surface area contributed by atoms with Gasteiger partial charge in [0.15, 0.2) is 0 Å². The summed E-state index contributed by atoms with van der Waals surface area (Å²) in [6.07, 6.45) is 7.23. The molecule has 1 unspecified atom stereocenters. The Hall–Kier alpha value is -1.76. The lowest BCUT2D eigenvalue weighted by molar-refractivity contribution is 0.503. The van der Waals surface area contributed by atoms with E-state index < -0.39 is 0 Å². The zero-order valence-electron chi connectivity index (χ0n) is 9.31. The molecule has 1 aromatic carbocycles. The van der Waals surface area contributed by atoms with Gasteiger partial charge in [0.1, 0.15) is 5.76 Å². The van der Waals surface area contributed by atoms with Gasteiger partial charge < -0.3 is 4.42 Å². The Kier molecular flexibility index (Phi) is 2.17. The van der Waals surface area contributed by atoms with Crippen LogP contribution < -0.4 is 0 Å². The molecule has 1 aliphatic rings. The first-order valence-corrected chi connectivity index (χ1v) is 5.73. The monoisotopic (exact) mass is 210 g/mol. The molecule has 0 fully saturated rings. The van der Waals surface area contributed by atoms with Gasteiger partial charge in [-0.25, -0.2) is 0 Å². The van der Waals surface area contributed by atoms with Crippen molar-refractivity contribution in [3.63, 3.8) is 0 Å². The smallest absolute Gasteiger partial charge is 0.118 e. The summed E-state index contributed by atoms with van der Waals surface area (Å²) in [5.41, 5.74) is 3.98. The zero-order valence-corrected chi connectivity index (χ0v) is 9.31. The molecule has 0 aliphatic heterocycles. The number of fused-ring (bicyclic) bond motifs is 1. The standard InChI is InChI=1S/C15H14O/c1-2-11-9-10-16-15(11)14-8-7-12-5-3-4-6-13(12)14/h3-10,14H,2H2,1H3. The van der Waals surface area contributed by atoms with Crippen molar-refractivity contribution in [2.45, 2.75) is 19.3 Å². The average molecular weight is 210 g/mol. The molecular formula is C15H14O. The SMILES string of the molecule is CCc1ccoc1C1C=Cc2ccccc21. The van der Waals surface area contributed by atoms with Crippen LogP contribution in [0.3, 0.4) is 0 Å². The maximum Gasteiger partial charge on any atom is 0.118 e. The maximum absolute atomic E-state index is 5.65. The molecule has 0 spiro atoms. The van der Waals surface area contributed by atoms with Crippen LogP contribution in [-0.4, -0.2) is 0 Å². The first kappa shape index (κ1) is 9.46. The van der Waals surface area contributed by atoms with Gasteiger partial charge in [0, 0.05) is 0 Å². The highest BCUT2D eigenvalue weighted by atomic mass is 16.3. The molecule has 1 nitrogen and oxygen atoms in total. The van der Waals surface area contributed by atoms with E-state index in [0.717, 1.165) is 12.2 Å². The Balaban J connectivity index is 2.08. The molecule has 1 atom stereocenters. The Morgan fingerprint density at radius 1 is 1.19 bits per heavy atom. The molecule has 0 bridgehead atoms. The topological polar surface area (TPSA) is 13.1 Å². The highest BCUT2D eigenvalue weighted by Crippen LogP contribution is 2.37. The van der Waals surface area contributed by atoms with Crippen LogP contribution in [0.2, 0.25) is 0 Å². The van der Waals surface area contributed by atoms with E-state index in [2.05, 4.69) is 49.4 Å². The van der Waals surface area contributed by atoms with Crippen LogP contribution in [0.15, 0.2) is 47.1 Å². The summed E-state index contributed by atoms with van der Waals surface area (Å²) in [6.45, 7) is 2.17. The molecule has 80 valence electrons. The second-order valence-corrected chi connectivity index (χ2v) is 4.13. The van der Waals surface area contributed by atoms with Gasteiger partial charge in [0.2, 0.25) is 0 Å². The minimum Gasteiger partial charge on any atom is -0.468 e. The summed E-state index contributed by atoms with van der Waals surface area (Å²) < 4.78 is 5.65. The third-order valence-corrected chi connectivity index (χ3v) is 3.24. The molecule has 0 radical (unpaired) electrons. The van der Waals surface area contributed by atoms with Gasteiger partial charge in [0.05, 0.1) is 12.2 Å². The second kappa shape index (κ2) is 3.67. The van der Waals surface area contributed by atoms with E-state index >= 15 is 0 Å². The highest BCUT2D eigenvalue weighted by Gasteiger charge is 2.22. The van der Waals surface area contributed by atoms with Gasteiger partial charge in [-0.05, 0) is 29.2 Å². The van der Waals surface area contributed by atoms with Crippen molar-refractivity contribution in [3.8, 4) is 0 Å². The van der Waals surface area contributed by atoms with Crippen molar-refractivity contribution in [2.24, 2.45) is 0 Å². The lowest BCUT2D eigenvalue weighted by Gasteiger charge is -2.09. The quantitative estimate of drug-likeness (QED) is 0.730. The minimum absolute atomic E-state index is 0.307. The molecule has 1 aromatic heterocycles. The highest BCUT2D eigenvalue weighted by molar-refractivity contribution is 5.64. The molecule has 1 heteroatoms. The first-order valence-electron chi connectivity index (χ1n) is 5.73. The molecule has 0 amide bonds. The predicted molar refractivity (Wildman–Crippen MR) is 65.4 cm³/mol. The fraction of sp³-hybridized carbons (Fsp3) is 0.200. The lowest BCUT2D eigenvalue weighted by Crippen LogP contribution is -1.97. The molecule has 2 aromatic rings. The Morgan fingerprint density at radius 2 is 2.06 bits per heavy atom. The normalized spacial score (nSPS) is 17.7. The summed E-state index contributed by atoms with van der Waals surface area (Å²) in [5.74, 6) is 1.41. The summed E-state index contributed by atoms with van der Waals surface area (Å²) in [6, 6.07) is 10.6. The summed E-state index contributed by atoms with van der Waals surface area (Å²) in [7, 11) is 0. The van der Waals surface area contributed by atoms with Crippen molar-refractivity contribution in [3.05, 3.63) is 65.1 Å². The summed E-state index contributed by atoms with van der Waals surface area (Å²) in [4.78, 5) is 0. The van der Waals surface area contributed by atoms with Crippen LogP contribution in [-0.2, 0) is 6.42 Å². The van der Waals surface area contributed by atoms with Gasteiger partial charge in [-0.2, -0.15) is 0 Å². The first-order chi connectivity index (χ1) is 7.90. The lowest BCUT2D eigenvalue weighted by atomic mass is 9.95. The van der Waals surface area contributed by atoms with Crippen molar-refractivity contribution in [2.75, 3.05) is 0 Å². The molecule has 16 heavy (non-hydrogen) atoms. The van der Waals surface area contributed by atoms with Gasteiger partial charge in [0.25, 0.3) is 0 Å². The Labute approximate surface area is 95.4 Å². The van der Waals surface area contributed by atoms with Gasteiger partial charge >= 0.3 is 0 Å². The van der Waals surface area contributed by atoms with Crippen LogP contribution >= 0.6 is 0 Å². The number of furan rings is 1. The fourth-order valence-corrected chi connectivity index (χ4v) is 2.39. The molecule has 0 saturated heterocycles. The van der Waals surface area contributed by atoms with Crippen molar-refractivity contribution in [1.82, 2.24) is 0 Å². The van der Waals surface area contributed by atoms with E-state index in [-0.39, 0.29) is 0 Å². The largest absolute Gasteiger partial charge is 0.468 e. The van der Waals surface area contributed by atoms with E-state index in [1.807, 2.05) is 0 Å². The van der Waals surface area contributed by atoms with Crippen molar-refractivity contribution in [1.29, 1.82) is 0 Å². The van der Waals surface area contributed by atoms with Crippen LogP contribution in [0.4, 0.5) is 0 Å². The maximum atomic E-state index is 5.65. The Bertz CT molecular complexity index is 534. The molecule has 0 saturated carbocycles. The number of benzene rings is 1. The molecule has 0 N–H and O–H groups in total. The zero-order chi connectivity index (χ0) is 11.0. The van der Waals surface area contributed by atoms with Crippen molar-refractivity contribution < 1.29 is 4.42 Å². The van der Waals surface area contributed by atoms with Gasteiger partial charge in [-0.1, -0.05) is 43.3 Å². The number of hydrogen-bond acceptors (Lipinski definition) is 1. The predicted octanol–water partition coefficient (Wildman–Crippen LogP) is 4.00. The van der Waals surface area contributed by atoms with Crippen LogP contribution in [0.25, 0.3) is 6.08 Å². The van der Waals surface area contributed by atoms with E-state index in [9.17, 15) is 0 Å². The Morgan fingerprint density at radius 3 is 2.94 bits per heavy atom. The molecule has 1 aliphatic carbocycles. The number of allylic oxidation sites excluding steroid dienone is 1. The van der Waals surface area contributed by atoms with Crippen LogP contribution in [0.5, 0.6) is 0 Å². The molecule has 3 rings (SSSR count). The summed E-state index contributed by atoms with van der Waals surface area (Å²) >= 11 is 0. The third-order valence-electron chi connectivity index (χ3n) is 3.24. The van der Waals surface area contributed by atoms with Crippen LogP contribution in [0.1, 0.15) is 35.3 Å². The minimum atomic E-state index is 0.307. The number of rotatable bonds is 2. The third kappa shape index (κ3) is 1.32. The second-order valence-electron chi connectivity index (χ2n) is 4.13. The van der Waals surface area contributed by atoms with Crippen LogP contribution in [0, 0.1) is 0 Å². The molecular weight excluding hydrogens is 196 g/mol. The van der Waals surface area contributed by atoms with Crippen molar-refractivity contribution >= 4 is 6.08 Å². The van der Waals surface area contributed by atoms with E-state index in [0.29, 0.717) is 5.92 Å². The van der Waals surface area contributed by atoms with E-state index in [4.69, 9.17) is 4.42 Å².